The Morgan fingerprint density at radius 2 is 1.56 bits per heavy atom. The molecule has 9 nitrogen and oxygen atoms in total. The Hall–Kier alpha value is -3.75. The zero-order valence-corrected chi connectivity index (χ0v) is 26.4. The van der Waals surface area contributed by atoms with Gasteiger partial charge in [-0.2, -0.15) is 0 Å². The SMILES string of the molecule is CCOP(=O)(OCC)c1ccc2c(c1)C(=C(Nc1ccc(N(C)C(=O)CCN(CC)CC)cc1)c1ccccc1)C(=O)N2. The number of benzene rings is 3. The van der Waals surface area contributed by atoms with Crippen molar-refractivity contribution in [1.82, 2.24) is 4.90 Å². The number of nitrogens with zero attached hydrogens (tertiary/aromatic N) is 2. The molecule has 0 fully saturated rings. The van der Waals surface area contributed by atoms with Crippen molar-refractivity contribution in [1.29, 1.82) is 0 Å². The Bertz CT molecular complexity index is 1490. The van der Waals surface area contributed by atoms with Crippen LogP contribution in [0, 0.1) is 0 Å². The molecule has 1 aliphatic rings. The number of fused-ring (bicyclic) bond motifs is 1. The van der Waals surface area contributed by atoms with Gasteiger partial charge in [0.25, 0.3) is 5.91 Å². The number of rotatable bonds is 14. The summed E-state index contributed by atoms with van der Waals surface area (Å²) >= 11 is 0. The minimum Gasteiger partial charge on any atom is -0.354 e. The van der Waals surface area contributed by atoms with Crippen LogP contribution in [0.5, 0.6) is 0 Å². The number of amides is 2. The number of carbonyl (C=O) groups is 2. The largest absolute Gasteiger partial charge is 0.361 e. The molecule has 0 bridgehead atoms. The van der Waals surface area contributed by atoms with Crippen LogP contribution >= 0.6 is 7.60 Å². The van der Waals surface area contributed by atoms with Crippen LogP contribution in [0.25, 0.3) is 11.3 Å². The fourth-order valence-electron chi connectivity index (χ4n) is 5.00. The first-order chi connectivity index (χ1) is 20.7. The lowest BCUT2D eigenvalue weighted by Crippen LogP contribution is -2.32. The highest BCUT2D eigenvalue weighted by atomic mass is 31.2. The van der Waals surface area contributed by atoms with E-state index in [1.165, 1.54) is 0 Å². The first-order valence-electron chi connectivity index (χ1n) is 14.8. The number of hydrogen-bond donors (Lipinski definition) is 2. The molecule has 4 rings (SSSR count). The van der Waals surface area contributed by atoms with Gasteiger partial charge in [0.2, 0.25) is 5.91 Å². The lowest BCUT2D eigenvalue weighted by atomic mass is 10.00. The van der Waals surface area contributed by atoms with Crippen molar-refractivity contribution in [2.45, 2.75) is 34.1 Å². The number of carbonyl (C=O) groups excluding carboxylic acids is 2. The summed E-state index contributed by atoms with van der Waals surface area (Å²) in [4.78, 5) is 30.2. The summed E-state index contributed by atoms with van der Waals surface area (Å²) in [7, 11) is -1.79. The maximum atomic E-state index is 13.6. The van der Waals surface area contributed by atoms with Crippen molar-refractivity contribution in [3.63, 3.8) is 0 Å². The van der Waals surface area contributed by atoms with Crippen molar-refractivity contribution in [3.05, 3.63) is 83.9 Å². The number of hydrogen-bond acceptors (Lipinski definition) is 7. The third-order valence-corrected chi connectivity index (χ3v) is 9.52. The van der Waals surface area contributed by atoms with Crippen LogP contribution in [0.2, 0.25) is 0 Å². The summed E-state index contributed by atoms with van der Waals surface area (Å²) in [5.41, 5.74) is 4.54. The smallest absolute Gasteiger partial charge is 0.354 e. The maximum absolute atomic E-state index is 13.6. The molecule has 0 aromatic heterocycles. The van der Waals surface area contributed by atoms with Crippen LogP contribution in [0.3, 0.4) is 0 Å². The van der Waals surface area contributed by atoms with Gasteiger partial charge in [0.15, 0.2) is 0 Å². The van der Waals surface area contributed by atoms with Gasteiger partial charge in [-0.25, -0.2) is 0 Å². The van der Waals surface area contributed by atoms with Crippen molar-refractivity contribution in [3.8, 4) is 0 Å². The third kappa shape index (κ3) is 7.43. The molecule has 0 atom stereocenters. The highest BCUT2D eigenvalue weighted by molar-refractivity contribution is 7.62. The molecule has 3 aromatic carbocycles. The van der Waals surface area contributed by atoms with E-state index in [4.69, 9.17) is 9.05 Å². The molecule has 2 N–H and O–H groups in total. The van der Waals surface area contributed by atoms with Gasteiger partial charge in [-0.15, -0.1) is 0 Å². The topological polar surface area (TPSA) is 100 Å². The minimum absolute atomic E-state index is 0.0473. The molecule has 43 heavy (non-hydrogen) atoms. The third-order valence-electron chi connectivity index (χ3n) is 7.41. The zero-order chi connectivity index (χ0) is 31.0. The van der Waals surface area contributed by atoms with Crippen LogP contribution in [0.15, 0.2) is 72.8 Å². The molecule has 0 unspecified atom stereocenters. The summed E-state index contributed by atoms with van der Waals surface area (Å²) in [5.74, 6) is -0.234. The Balaban J connectivity index is 1.69. The molecule has 0 saturated heterocycles. The quantitative estimate of drug-likeness (QED) is 0.167. The van der Waals surface area contributed by atoms with E-state index in [0.29, 0.717) is 34.2 Å². The highest BCUT2D eigenvalue weighted by Crippen LogP contribution is 2.48. The second-order valence-electron chi connectivity index (χ2n) is 10.0. The summed E-state index contributed by atoms with van der Waals surface area (Å²) in [6.07, 6.45) is 0.443. The molecule has 0 radical (unpaired) electrons. The summed E-state index contributed by atoms with van der Waals surface area (Å²) < 4.78 is 24.7. The lowest BCUT2D eigenvalue weighted by Gasteiger charge is -2.22. The fraction of sp³-hybridized carbons (Fsp3) is 0.333. The normalized spacial score (nSPS) is 14.0. The van der Waals surface area contributed by atoms with Gasteiger partial charge in [-0.3, -0.25) is 14.2 Å². The summed E-state index contributed by atoms with van der Waals surface area (Å²) in [6.45, 7) is 10.7. The Morgan fingerprint density at radius 3 is 2.16 bits per heavy atom. The van der Waals surface area contributed by atoms with Crippen molar-refractivity contribution in [2.75, 3.05) is 55.4 Å². The van der Waals surface area contributed by atoms with Gasteiger partial charge in [0.05, 0.1) is 29.8 Å². The first kappa shape index (κ1) is 32.2. The van der Waals surface area contributed by atoms with Crippen LogP contribution < -0.4 is 20.8 Å². The molecule has 0 saturated carbocycles. The van der Waals surface area contributed by atoms with Crippen LogP contribution in [0.4, 0.5) is 17.1 Å². The molecule has 1 heterocycles. The molecule has 3 aromatic rings. The molecule has 228 valence electrons. The molecule has 1 aliphatic heterocycles. The average Bonchev–Trinajstić information content (AvgIpc) is 3.35. The zero-order valence-electron chi connectivity index (χ0n) is 25.6. The van der Waals surface area contributed by atoms with Gasteiger partial charge in [-0.1, -0.05) is 44.2 Å². The monoisotopic (exact) mass is 604 g/mol. The first-order valence-corrected chi connectivity index (χ1v) is 16.3. The standard InChI is InChI=1S/C33H41N4O5P/c1-6-37(7-2)22-21-30(38)36(5)26-17-15-25(16-18-26)34-32(24-13-11-10-12-14-24)31-28-23-27(19-20-29(28)35-33(31)39)43(40,41-8-3)42-9-4/h10-20,23,34H,6-9,21-22H2,1-5H3,(H,35,39). The van der Waals surface area contributed by atoms with Gasteiger partial charge in [0.1, 0.15) is 0 Å². The van der Waals surface area contributed by atoms with Crippen molar-refractivity contribution >= 4 is 53.0 Å². The molecule has 2 amide bonds. The molecule has 0 aliphatic carbocycles. The fourth-order valence-corrected chi connectivity index (χ4v) is 6.60. The van der Waals surface area contributed by atoms with E-state index in [1.54, 1.807) is 44.0 Å². The van der Waals surface area contributed by atoms with Crippen LogP contribution in [-0.2, 0) is 23.2 Å². The molecular weight excluding hydrogens is 563 g/mol. The summed E-state index contributed by atoms with van der Waals surface area (Å²) in [6, 6.07) is 22.2. The Labute approximate surface area is 254 Å². The number of nitrogens with one attached hydrogen (secondary N) is 2. The number of anilines is 3. The predicted octanol–water partition coefficient (Wildman–Crippen LogP) is 6.21. The van der Waals surface area contributed by atoms with Gasteiger partial charge < -0.3 is 29.5 Å². The lowest BCUT2D eigenvalue weighted by molar-refractivity contribution is -0.118. The van der Waals surface area contributed by atoms with Crippen molar-refractivity contribution < 1.29 is 23.2 Å². The van der Waals surface area contributed by atoms with E-state index in [-0.39, 0.29) is 25.0 Å². The van der Waals surface area contributed by atoms with Gasteiger partial charge >= 0.3 is 7.60 Å². The summed E-state index contributed by atoms with van der Waals surface area (Å²) in [5, 5.41) is 6.76. The van der Waals surface area contributed by atoms with Crippen LogP contribution in [-0.4, -0.2) is 56.6 Å². The van der Waals surface area contributed by atoms with E-state index >= 15 is 0 Å². The Kier molecular flexibility index (Phi) is 10.9. The Morgan fingerprint density at radius 1 is 0.907 bits per heavy atom. The van der Waals surface area contributed by atoms with E-state index in [2.05, 4.69) is 29.4 Å². The average molecular weight is 605 g/mol. The second-order valence-corrected chi connectivity index (χ2v) is 12.1. The van der Waals surface area contributed by atoms with Gasteiger partial charge in [-0.05, 0) is 75.0 Å². The molecule has 0 spiro atoms. The van der Waals surface area contributed by atoms with Crippen molar-refractivity contribution in [2.24, 2.45) is 0 Å². The van der Waals surface area contributed by atoms with E-state index in [1.807, 2.05) is 54.6 Å². The molecule has 10 heteroatoms. The second kappa shape index (κ2) is 14.6. The minimum atomic E-state index is -3.57. The highest BCUT2D eigenvalue weighted by Gasteiger charge is 2.33. The van der Waals surface area contributed by atoms with E-state index < -0.39 is 7.60 Å². The molecular formula is C33H41N4O5P. The van der Waals surface area contributed by atoms with E-state index in [9.17, 15) is 14.2 Å². The van der Waals surface area contributed by atoms with Crippen LogP contribution in [0.1, 0.15) is 45.2 Å². The maximum Gasteiger partial charge on any atom is 0.361 e. The van der Waals surface area contributed by atoms with Gasteiger partial charge in [0, 0.05) is 42.6 Å². The van der Waals surface area contributed by atoms with E-state index in [0.717, 1.165) is 36.6 Å². The predicted molar refractivity (Wildman–Crippen MR) is 175 cm³/mol.